The van der Waals surface area contributed by atoms with Gasteiger partial charge in [0.05, 0.1) is 7.11 Å². The molecule has 1 aliphatic heterocycles. The molecule has 1 saturated heterocycles. The fourth-order valence-electron chi connectivity index (χ4n) is 0.927. The molecule has 6 nitrogen and oxygen atoms in total. The molecule has 0 bridgehead atoms. The summed E-state index contributed by atoms with van der Waals surface area (Å²) in [5.74, 6) is -0.567. The maximum Gasteiger partial charge on any atom is 0.325 e. The first kappa shape index (κ1) is 9.43. The van der Waals surface area contributed by atoms with Crippen molar-refractivity contribution in [3.8, 4) is 0 Å². The lowest BCUT2D eigenvalue weighted by atomic mass is 10.3. The minimum atomic E-state index is -3.45. The average Bonchev–Trinajstić information content (AvgIpc) is 2.25. The lowest BCUT2D eigenvalue weighted by molar-refractivity contribution is -0.142. The van der Waals surface area contributed by atoms with E-state index in [2.05, 4.69) is 9.46 Å². The van der Waals surface area contributed by atoms with Gasteiger partial charge in [-0.05, 0) is 0 Å². The Morgan fingerprint density at radius 1 is 1.67 bits per heavy atom. The number of carbonyl (C=O) groups excluding carboxylic acids is 1. The van der Waals surface area contributed by atoms with Crippen molar-refractivity contribution in [1.29, 1.82) is 0 Å². The number of nitrogens with zero attached hydrogens (tertiary/aromatic N) is 1. The summed E-state index contributed by atoms with van der Waals surface area (Å²) in [6.07, 6.45) is 0. The van der Waals surface area contributed by atoms with Crippen LogP contribution in [0.2, 0.25) is 0 Å². The third-order valence-corrected chi connectivity index (χ3v) is 3.18. The van der Waals surface area contributed by atoms with Gasteiger partial charge in [0.25, 0.3) is 10.2 Å². The second kappa shape index (κ2) is 3.00. The Hall–Kier alpha value is -0.660. The highest BCUT2D eigenvalue weighted by Crippen LogP contribution is 2.07. The highest BCUT2D eigenvalue weighted by Gasteiger charge is 2.37. The third-order valence-electron chi connectivity index (χ3n) is 1.63. The van der Waals surface area contributed by atoms with Gasteiger partial charge in [-0.3, -0.25) is 4.79 Å². The number of carbonyl (C=O) groups is 1. The standard InChI is InChI=1S/C5H10N2O4S/c1-7-3-4(5(8)11-2)6-12(7,9)10/h4,6H,3H2,1-2H3. The zero-order valence-electron chi connectivity index (χ0n) is 6.77. The molecule has 1 atom stereocenters. The first-order valence-corrected chi connectivity index (χ1v) is 4.73. The molecule has 0 amide bonds. The first-order valence-electron chi connectivity index (χ1n) is 3.29. The molecule has 12 heavy (non-hydrogen) atoms. The average molecular weight is 194 g/mol. The summed E-state index contributed by atoms with van der Waals surface area (Å²) in [7, 11) is -0.835. The van der Waals surface area contributed by atoms with Gasteiger partial charge in [-0.15, -0.1) is 0 Å². The predicted octanol–water partition coefficient (Wildman–Crippen LogP) is -1.69. The zero-order valence-corrected chi connectivity index (χ0v) is 7.59. The van der Waals surface area contributed by atoms with Crippen LogP contribution in [-0.4, -0.2) is 45.4 Å². The van der Waals surface area contributed by atoms with Gasteiger partial charge in [0, 0.05) is 13.6 Å². The van der Waals surface area contributed by atoms with Crippen LogP contribution in [0.1, 0.15) is 0 Å². The minimum Gasteiger partial charge on any atom is -0.468 e. The van der Waals surface area contributed by atoms with Crippen LogP contribution < -0.4 is 4.72 Å². The predicted molar refractivity (Wildman–Crippen MR) is 40.5 cm³/mol. The van der Waals surface area contributed by atoms with Gasteiger partial charge < -0.3 is 4.74 Å². The van der Waals surface area contributed by atoms with Crippen LogP contribution in [0, 0.1) is 0 Å². The monoisotopic (exact) mass is 194 g/mol. The van der Waals surface area contributed by atoms with E-state index >= 15 is 0 Å². The molecule has 0 saturated carbocycles. The van der Waals surface area contributed by atoms with Crippen LogP contribution in [0.25, 0.3) is 0 Å². The van der Waals surface area contributed by atoms with Crippen LogP contribution >= 0.6 is 0 Å². The fraction of sp³-hybridized carbons (Fsp3) is 0.800. The summed E-state index contributed by atoms with van der Waals surface area (Å²) in [5, 5.41) is 0. The smallest absolute Gasteiger partial charge is 0.325 e. The van der Waals surface area contributed by atoms with Gasteiger partial charge in [0.1, 0.15) is 6.04 Å². The molecule has 1 N–H and O–H groups in total. The Balaban J connectivity index is 2.74. The van der Waals surface area contributed by atoms with Gasteiger partial charge in [0.15, 0.2) is 0 Å². The number of likely N-dealkylation sites (N-methyl/N-ethyl adjacent to an activating group) is 1. The largest absolute Gasteiger partial charge is 0.468 e. The zero-order chi connectivity index (χ0) is 9.35. The number of esters is 1. The van der Waals surface area contributed by atoms with Crippen molar-refractivity contribution < 1.29 is 17.9 Å². The third kappa shape index (κ3) is 1.57. The number of methoxy groups -OCH3 is 1. The summed E-state index contributed by atoms with van der Waals surface area (Å²) in [6, 6.07) is -0.773. The lowest BCUT2D eigenvalue weighted by Gasteiger charge is -2.03. The lowest BCUT2D eigenvalue weighted by Crippen LogP contribution is -2.35. The quantitative estimate of drug-likeness (QED) is 0.505. The van der Waals surface area contributed by atoms with Crippen LogP contribution in [0.5, 0.6) is 0 Å². The molecular formula is C5H10N2O4S. The topological polar surface area (TPSA) is 75.7 Å². The summed E-state index contributed by atoms with van der Waals surface area (Å²) >= 11 is 0. The second-order valence-electron chi connectivity index (χ2n) is 2.48. The Kier molecular flexibility index (Phi) is 2.36. The molecule has 0 aliphatic carbocycles. The van der Waals surface area contributed by atoms with Crippen molar-refractivity contribution in [2.45, 2.75) is 6.04 Å². The number of ether oxygens (including phenoxy) is 1. The van der Waals surface area contributed by atoms with Gasteiger partial charge in [-0.1, -0.05) is 0 Å². The summed E-state index contributed by atoms with van der Waals surface area (Å²) in [5.41, 5.74) is 0. The molecule has 1 fully saturated rings. The highest BCUT2D eigenvalue weighted by atomic mass is 32.2. The number of rotatable bonds is 1. The number of hydrogen-bond acceptors (Lipinski definition) is 4. The summed E-state index contributed by atoms with van der Waals surface area (Å²) < 4.78 is 29.6. The van der Waals surface area contributed by atoms with Crippen molar-refractivity contribution in [1.82, 2.24) is 9.03 Å². The number of nitrogens with one attached hydrogen (secondary N) is 1. The molecule has 7 heteroatoms. The van der Waals surface area contributed by atoms with E-state index < -0.39 is 22.2 Å². The van der Waals surface area contributed by atoms with E-state index in [1.807, 2.05) is 0 Å². The normalized spacial score (nSPS) is 28.7. The molecule has 0 aromatic carbocycles. The molecule has 0 aromatic heterocycles. The van der Waals surface area contributed by atoms with Gasteiger partial charge in [0.2, 0.25) is 0 Å². The Labute approximate surface area is 70.7 Å². The van der Waals surface area contributed by atoms with E-state index in [0.717, 1.165) is 4.31 Å². The van der Waals surface area contributed by atoms with Crippen molar-refractivity contribution in [2.75, 3.05) is 20.7 Å². The molecular weight excluding hydrogens is 184 g/mol. The van der Waals surface area contributed by atoms with Crippen LogP contribution in [0.3, 0.4) is 0 Å². The molecule has 1 aliphatic rings. The second-order valence-corrected chi connectivity index (χ2v) is 4.29. The van der Waals surface area contributed by atoms with E-state index in [0.29, 0.717) is 0 Å². The maximum atomic E-state index is 11.0. The molecule has 1 unspecified atom stereocenters. The molecule has 1 heterocycles. The van der Waals surface area contributed by atoms with Gasteiger partial charge in [-0.25, -0.2) is 0 Å². The van der Waals surface area contributed by atoms with E-state index in [1.165, 1.54) is 14.2 Å². The van der Waals surface area contributed by atoms with Crippen molar-refractivity contribution in [2.24, 2.45) is 0 Å². The summed E-state index contributed by atoms with van der Waals surface area (Å²) in [4.78, 5) is 10.9. The van der Waals surface area contributed by atoms with Gasteiger partial charge in [-0.2, -0.15) is 17.4 Å². The first-order chi connectivity index (χ1) is 5.47. The van der Waals surface area contributed by atoms with E-state index in [1.54, 1.807) is 0 Å². The Bertz CT molecular complexity index is 286. The summed E-state index contributed by atoms with van der Waals surface area (Å²) in [6.45, 7) is 0.120. The minimum absolute atomic E-state index is 0.120. The SMILES string of the molecule is COC(=O)C1CN(C)S(=O)(=O)N1. The Morgan fingerprint density at radius 3 is 2.58 bits per heavy atom. The van der Waals surface area contributed by atoms with E-state index in [-0.39, 0.29) is 6.54 Å². The maximum absolute atomic E-state index is 11.0. The molecule has 0 aromatic rings. The fourth-order valence-corrected chi connectivity index (χ4v) is 1.98. The highest BCUT2D eigenvalue weighted by molar-refractivity contribution is 7.87. The van der Waals surface area contributed by atoms with Crippen LogP contribution in [-0.2, 0) is 19.7 Å². The van der Waals surface area contributed by atoms with Crippen molar-refractivity contribution >= 4 is 16.2 Å². The van der Waals surface area contributed by atoms with E-state index in [9.17, 15) is 13.2 Å². The van der Waals surface area contributed by atoms with Crippen molar-refractivity contribution in [3.05, 3.63) is 0 Å². The van der Waals surface area contributed by atoms with E-state index in [4.69, 9.17) is 0 Å². The molecule has 0 radical (unpaired) electrons. The van der Waals surface area contributed by atoms with Crippen molar-refractivity contribution in [3.63, 3.8) is 0 Å². The van der Waals surface area contributed by atoms with Gasteiger partial charge >= 0.3 is 5.97 Å². The molecule has 1 rings (SSSR count). The molecule has 0 spiro atoms. The van der Waals surface area contributed by atoms with Crippen LogP contribution in [0.4, 0.5) is 0 Å². The Morgan fingerprint density at radius 2 is 2.25 bits per heavy atom. The van der Waals surface area contributed by atoms with Crippen LogP contribution in [0.15, 0.2) is 0 Å². The molecule has 70 valence electrons. The number of hydrogen-bond donors (Lipinski definition) is 1.